The molecule has 0 saturated heterocycles. The summed E-state index contributed by atoms with van der Waals surface area (Å²) in [5, 5.41) is 1.02. The Labute approximate surface area is 86.3 Å². The van der Waals surface area contributed by atoms with Crippen molar-refractivity contribution in [3.63, 3.8) is 0 Å². The zero-order chi connectivity index (χ0) is 7.68. The molecule has 2 rings (SSSR count). The van der Waals surface area contributed by atoms with Crippen LogP contribution in [0.3, 0.4) is 0 Å². The van der Waals surface area contributed by atoms with Gasteiger partial charge < -0.3 is 4.74 Å². The lowest BCUT2D eigenvalue weighted by molar-refractivity contribution is 0.112. The van der Waals surface area contributed by atoms with Gasteiger partial charge in [-0.25, -0.2) is 4.98 Å². The van der Waals surface area contributed by atoms with Gasteiger partial charge in [0.1, 0.15) is 5.01 Å². The van der Waals surface area contributed by atoms with Gasteiger partial charge in [-0.2, -0.15) is 0 Å². The van der Waals surface area contributed by atoms with Crippen LogP contribution >= 0.6 is 35.3 Å². The Morgan fingerprint density at radius 2 is 2.42 bits per heavy atom. The van der Waals surface area contributed by atoms with E-state index in [2.05, 4.69) is 4.98 Å². The third kappa shape index (κ3) is 1.91. The predicted octanol–water partition coefficient (Wildman–Crippen LogP) is 2.38. The molecule has 1 aliphatic rings. The Kier molecular flexibility index (Phi) is 3.77. The molecule has 0 aromatic carbocycles. The maximum absolute atomic E-state index is 5.65. The fourth-order valence-electron chi connectivity index (χ4n) is 1.14. The topological polar surface area (TPSA) is 22.1 Å². The number of thiazole rings is 1. The summed E-state index contributed by atoms with van der Waals surface area (Å²) in [4.78, 5) is 5.63. The monoisotopic (exact) mass is 225 g/mol. The first-order valence-corrected chi connectivity index (χ1v) is 4.86. The molecule has 0 fully saturated rings. The van der Waals surface area contributed by atoms with Gasteiger partial charge in [0.25, 0.3) is 0 Å². The number of hydrogen-bond donors (Lipinski definition) is 0. The van der Waals surface area contributed by atoms with E-state index in [0.717, 1.165) is 24.6 Å². The molecule has 1 aliphatic heterocycles. The number of ether oxygens (including phenoxy) is 1. The summed E-state index contributed by atoms with van der Waals surface area (Å²) in [6, 6.07) is 0. The number of aromatic nitrogens is 1. The summed E-state index contributed by atoms with van der Waals surface area (Å²) in [6.45, 7) is 1.53. The minimum absolute atomic E-state index is 0. The van der Waals surface area contributed by atoms with E-state index in [1.165, 1.54) is 10.6 Å². The molecule has 0 amide bonds. The molecule has 0 spiro atoms. The van der Waals surface area contributed by atoms with E-state index in [-0.39, 0.29) is 12.4 Å². The number of nitrogens with zero attached hydrogens (tertiary/aromatic N) is 1. The van der Waals surface area contributed by atoms with E-state index in [0.29, 0.717) is 5.88 Å². The maximum Gasteiger partial charge on any atom is 0.108 e. The lowest BCUT2D eigenvalue weighted by Gasteiger charge is -2.08. The van der Waals surface area contributed by atoms with E-state index in [1.807, 2.05) is 0 Å². The third-order valence-corrected chi connectivity index (χ3v) is 3.14. The maximum atomic E-state index is 5.65. The predicted molar refractivity (Wildman–Crippen MR) is 52.3 cm³/mol. The van der Waals surface area contributed by atoms with Crippen molar-refractivity contribution in [1.29, 1.82) is 0 Å². The van der Waals surface area contributed by atoms with Gasteiger partial charge >= 0.3 is 0 Å². The number of alkyl halides is 1. The average molecular weight is 226 g/mol. The Morgan fingerprint density at radius 3 is 3.08 bits per heavy atom. The van der Waals surface area contributed by atoms with E-state index >= 15 is 0 Å². The van der Waals surface area contributed by atoms with Crippen LogP contribution in [0.2, 0.25) is 0 Å². The zero-order valence-corrected chi connectivity index (χ0v) is 8.77. The average Bonchev–Trinajstić information content (AvgIpc) is 2.46. The van der Waals surface area contributed by atoms with Crippen LogP contribution in [0.25, 0.3) is 0 Å². The van der Waals surface area contributed by atoms with Gasteiger partial charge in [-0.15, -0.1) is 35.3 Å². The number of rotatable bonds is 1. The molecule has 12 heavy (non-hydrogen) atoms. The standard InChI is InChI=1S/C7H8ClNOS.ClH/c8-3-7-9-5-1-2-10-4-6(5)11-7;/h1-4H2;1H. The third-order valence-electron chi connectivity index (χ3n) is 1.65. The van der Waals surface area contributed by atoms with Crippen LogP contribution in [0.1, 0.15) is 15.6 Å². The fourth-order valence-corrected chi connectivity index (χ4v) is 2.26. The molecule has 0 unspecified atom stereocenters. The highest BCUT2D eigenvalue weighted by Gasteiger charge is 2.14. The fraction of sp³-hybridized carbons (Fsp3) is 0.571. The number of hydrogen-bond acceptors (Lipinski definition) is 3. The van der Waals surface area contributed by atoms with Crippen molar-refractivity contribution in [2.45, 2.75) is 18.9 Å². The van der Waals surface area contributed by atoms with Gasteiger partial charge in [-0.3, -0.25) is 0 Å². The Morgan fingerprint density at radius 1 is 1.58 bits per heavy atom. The number of halogens is 2. The van der Waals surface area contributed by atoms with Crippen molar-refractivity contribution in [3.8, 4) is 0 Å². The highest BCUT2D eigenvalue weighted by atomic mass is 35.5. The zero-order valence-electron chi connectivity index (χ0n) is 6.38. The van der Waals surface area contributed by atoms with E-state index in [1.54, 1.807) is 11.3 Å². The second-order valence-corrected chi connectivity index (χ2v) is 3.85. The number of fused-ring (bicyclic) bond motifs is 1. The van der Waals surface area contributed by atoms with Crippen molar-refractivity contribution in [2.75, 3.05) is 6.61 Å². The summed E-state index contributed by atoms with van der Waals surface area (Å²) in [6.07, 6.45) is 0.947. The molecule has 0 aliphatic carbocycles. The van der Waals surface area contributed by atoms with Crippen molar-refractivity contribution >= 4 is 35.3 Å². The molecule has 2 heterocycles. The molecule has 0 saturated carbocycles. The van der Waals surface area contributed by atoms with Gasteiger partial charge in [0.2, 0.25) is 0 Å². The molecule has 2 nitrogen and oxygen atoms in total. The van der Waals surface area contributed by atoms with E-state index in [4.69, 9.17) is 16.3 Å². The highest BCUT2D eigenvalue weighted by Crippen LogP contribution is 2.24. The summed E-state index contributed by atoms with van der Waals surface area (Å²) in [5.41, 5.74) is 1.19. The molecule has 0 atom stereocenters. The lowest BCUT2D eigenvalue weighted by atomic mass is 10.2. The minimum atomic E-state index is 0. The van der Waals surface area contributed by atoms with Crippen molar-refractivity contribution in [3.05, 3.63) is 15.6 Å². The van der Waals surface area contributed by atoms with Crippen LogP contribution < -0.4 is 0 Å². The van der Waals surface area contributed by atoms with Crippen LogP contribution in [0.15, 0.2) is 0 Å². The van der Waals surface area contributed by atoms with Crippen LogP contribution in [0.4, 0.5) is 0 Å². The van der Waals surface area contributed by atoms with Crippen molar-refractivity contribution in [2.24, 2.45) is 0 Å². The van der Waals surface area contributed by atoms with Gasteiger partial charge in [-0.1, -0.05) is 0 Å². The largest absolute Gasteiger partial charge is 0.375 e. The summed E-state index contributed by atoms with van der Waals surface area (Å²) in [7, 11) is 0. The first kappa shape index (κ1) is 10.3. The van der Waals surface area contributed by atoms with E-state index < -0.39 is 0 Å². The van der Waals surface area contributed by atoms with Crippen LogP contribution in [0.5, 0.6) is 0 Å². The molecular formula is C7H9Cl2NOS. The molecule has 5 heteroatoms. The van der Waals surface area contributed by atoms with Crippen LogP contribution in [-0.4, -0.2) is 11.6 Å². The van der Waals surface area contributed by atoms with Crippen molar-refractivity contribution in [1.82, 2.24) is 4.98 Å². The van der Waals surface area contributed by atoms with E-state index in [9.17, 15) is 0 Å². The van der Waals surface area contributed by atoms with Gasteiger partial charge in [0.05, 0.1) is 29.7 Å². The summed E-state index contributed by atoms with van der Waals surface area (Å²) in [5.74, 6) is 0.525. The molecule has 0 bridgehead atoms. The normalized spacial score (nSPS) is 15.1. The lowest BCUT2D eigenvalue weighted by Crippen LogP contribution is -2.07. The molecule has 0 radical (unpaired) electrons. The van der Waals surface area contributed by atoms with Crippen molar-refractivity contribution < 1.29 is 4.74 Å². The Balaban J connectivity index is 0.000000720. The highest BCUT2D eigenvalue weighted by molar-refractivity contribution is 7.11. The minimum Gasteiger partial charge on any atom is -0.375 e. The first-order valence-electron chi connectivity index (χ1n) is 3.51. The quantitative estimate of drug-likeness (QED) is 0.686. The molecule has 68 valence electrons. The summed E-state index contributed by atoms with van der Waals surface area (Å²) < 4.78 is 5.28. The summed E-state index contributed by atoms with van der Waals surface area (Å²) >= 11 is 7.32. The second kappa shape index (κ2) is 4.42. The Hall–Kier alpha value is 0.170. The molecule has 1 aromatic heterocycles. The van der Waals surface area contributed by atoms with Gasteiger partial charge in [0, 0.05) is 6.42 Å². The molecular weight excluding hydrogens is 217 g/mol. The smallest absolute Gasteiger partial charge is 0.108 e. The second-order valence-electron chi connectivity index (χ2n) is 2.41. The van der Waals surface area contributed by atoms with Gasteiger partial charge in [0.15, 0.2) is 0 Å². The SMILES string of the molecule is Cl.ClCc1nc2c(s1)COCC2. The van der Waals surface area contributed by atoms with Crippen LogP contribution in [0, 0.1) is 0 Å². The van der Waals surface area contributed by atoms with Crippen LogP contribution in [-0.2, 0) is 23.6 Å². The first-order chi connectivity index (χ1) is 5.40. The van der Waals surface area contributed by atoms with Gasteiger partial charge in [-0.05, 0) is 0 Å². The molecule has 1 aromatic rings. The molecule has 0 N–H and O–H groups in total. The Bertz CT molecular complexity index is 240.